The highest BCUT2D eigenvalue weighted by molar-refractivity contribution is 6.06. The lowest BCUT2D eigenvalue weighted by Crippen LogP contribution is -2.39. The number of nitrogens with zero attached hydrogens (tertiary/aromatic N) is 1. The van der Waals surface area contributed by atoms with Crippen LogP contribution < -0.4 is 15.4 Å². The van der Waals surface area contributed by atoms with Gasteiger partial charge in [0.25, 0.3) is 5.91 Å². The molecule has 6 heteroatoms. The number of hydrogen-bond acceptors (Lipinski definition) is 4. The van der Waals surface area contributed by atoms with Gasteiger partial charge in [0.15, 0.2) is 0 Å². The molecule has 1 aliphatic heterocycles. The maximum absolute atomic E-state index is 13.3. The molecule has 1 heterocycles. The first-order chi connectivity index (χ1) is 18.5. The zero-order chi connectivity index (χ0) is 26.5. The highest BCUT2D eigenvalue weighted by atomic mass is 16.5. The van der Waals surface area contributed by atoms with Crippen molar-refractivity contribution in [2.45, 2.75) is 57.4 Å². The number of carbonyl (C=O) groups is 2. The van der Waals surface area contributed by atoms with Gasteiger partial charge in [0.05, 0.1) is 7.11 Å². The Hall–Kier alpha value is -3.64. The molecule has 38 heavy (non-hydrogen) atoms. The van der Waals surface area contributed by atoms with Crippen molar-refractivity contribution in [1.29, 1.82) is 0 Å². The number of anilines is 2. The fraction of sp³-hybridized carbons (Fsp3) is 0.375. The molecule has 1 aliphatic carbocycles. The Morgan fingerprint density at radius 1 is 0.868 bits per heavy atom. The van der Waals surface area contributed by atoms with Crippen LogP contribution in [0.5, 0.6) is 5.75 Å². The Labute approximate surface area is 225 Å². The van der Waals surface area contributed by atoms with E-state index in [2.05, 4.69) is 21.6 Å². The Balaban J connectivity index is 1.33. The summed E-state index contributed by atoms with van der Waals surface area (Å²) in [6.07, 6.45) is 7.61. The molecule has 0 spiro atoms. The number of ether oxygens (including phenoxy) is 1. The summed E-state index contributed by atoms with van der Waals surface area (Å²) in [4.78, 5) is 27.8. The second-order valence-electron chi connectivity index (χ2n) is 10.5. The molecule has 0 unspecified atom stereocenters. The van der Waals surface area contributed by atoms with Crippen LogP contribution in [0.3, 0.4) is 0 Å². The van der Waals surface area contributed by atoms with E-state index in [1.54, 1.807) is 19.2 Å². The molecule has 3 aromatic carbocycles. The summed E-state index contributed by atoms with van der Waals surface area (Å²) in [5.74, 6) is 0.889. The van der Waals surface area contributed by atoms with Crippen LogP contribution in [0, 0.1) is 0 Å². The van der Waals surface area contributed by atoms with Crippen LogP contribution in [0.1, 0.15) is 67.3 Å². The lowest BCUT2D eigenvalue weighted by Gasteiger charge is -2.36. The zero-order valence-electron chi connectivity index (χ0n) is 22.3. The molecule has 3 aromatic rings. The number of methoxy groups -OCH3 is 1. The van der Waals surface area contributed by atoms with E-state index in [1.165, 1.54) is 32.6 Å². The van der Waals surface area contributed by atoms with E-state index in [-0.39, 0.29) is 11.8 Å². The summed E-state index contributed by atoms with van der Waals surface area (Å²) in [5, 5.41) is 5.95. The van der Waals surface area contributed by atoms with Crippen LogP contribution in [0.25, 0.3) is 11.1 Å². The largest absolute Gasteiger partial charge is 0.496 e. The lowest BCUT2D eigenvalue weighted by atomic mass is 9.87. The second-order valence-corrected chi connectivity index (χ2v) is 10.5. The first-order valence-corrected chi connectivity index (χ1v) is 13.7. The average molecular weight is 512 g/mol. The quantitative estimate of drug-likeness (QED) is 0.371. The summed E-state index contributed by atoms with van der Waals surface area (Å²) in [5.41, 5.74) is 4.85. The minimum Gasteiger partial charge on any atom is -0.496 e. The van der Waals surface area contributed by atoms with Gasteiger partial charge in [-0.3, -0.25) is 9.59 Å². The van der Waals surface area contributed by atoms with E-state index in [4.69, 9.17) is 4.74 Å². The Bertz CT molecular complexity index is 1280. The van der Waals surface area contributed by atoms with E-state index >= 15 is 0 Å². The maximum Gasteiger partial charge on any atom is 0.255 e. The Morgan fingerprint density at radius 2 is 1.61 bits per heavy atom. The minimum absolute atomic E-state index is 0.182. The Morgan fingerprint density at radius 3 is 2.29 bits per heavy atom. The van der Waals surface area contributed by atoms with Crippen molar-refractivity contribution >= 4 is 23.2 Å². The predicted octanol–water partition coefficient (Wildman–Crippen LogP) is 6.69. The van der Waals surface area contributed by atoms with Crippen molar-refractivity contribution in [1.82, 2.24) is 4.90 Å². The molecule has 5 rings (SSSR count). The lowest BCUT2D eigenvalue weighted by molar-refractivity contribution is -0.114. The summed E-state index contributed by atoms with van der Waals surface area (Å²) in [6.45, 7) is 3.71. The highest BCUT2D eigenvalue weighted by Crippen LogP contribution is 2.38. The number of rotatable bonds is 7. The number of likely N-dealkylation sites (tertiary alicyclic amines) is 1. The summed E-state index contributed by atoms with van der Waals surface area (Å²) in [6, 6.07) is 21.9. The van der Waals surface area contributed by atoms with Gasteiger partial charge in [-0.15, -0.1) is 0 Å². The first kappa shape index (κ1) is 26.0. The van der Waals surface area contributed by atoms with Gasteiger partial charge in [0.2, 0.25) is 5.91 Å². The molecule has 0 aromatic heterocycles. The standard InChI is InChI=1S/C32H37N3O3/c1-22(36)33-30-20-25(12-14-28(30)23-8-4-3-5-9-23)32(37)34-26-13-15-31(38-2)29(21-26)24-16-18-35(19-17-24)27-10-6-7-11-27/h3-5,8-9,12-15,20-21,24,27H,6-7,10-11,16-19H2,1-2H3,(H,33,36)(H,34,37). The number of hydrogen-bond donors (Lipinski definition) is 2. The molecule has 2 amide bonds. The molecule has 198 valence electrons. The third-order valence-corrected chi connectivity index (χ3v) is 7.98. The van der Waals surface area contributed by atoms with Crippen molar-refractivity contribution in [3.05, 3.63) is 77.9 Å². The number of benzene rings is 3. The van der Waals surface area contributed by atoms with Gasteiger partial charge in [-0.1, -0.05) is 49.2 Å². The summed E-state index contributed by atoms with van der Waals surface area (Å²) in [7, 11) is 1.71. The van der Waals surface area contributed by atoms with Crippen LogP contribution in [0.2, 0.25) is 0 Å². The molecule has 1 saturated carbocycles. The van der Waals surface area contributed by atoms with Crippen molar-refractivity contribution in [2.75, 3.05) is 30.8 Å². The normalized spacial score (nSPS) is 16.8. The van der Waals surface area contributed by atoms with Crippen LogP contribution in [0.15, 0.2) is 66.7 Å². The molecule has 6 nitrogen and oxygen atoms in total. The minimum atomic E-state index is -0.219. The third kappa shape index (κ3) is 5.91. The number of amides is 2. The highest BCUT2D eigenvalue weighted by Gasteiger charge is 2.29. The molecular weight excluding hydrogens is 474 g/mol. The van der Waals surface area contributed by atoms with E-state index in [0.717, 1.165) is 60.1 Å². The van der Waals surface area contributed by atoms with Gasteiger partial charge >= 0.3 is 0 Å². The first-order valence-electron chi connectivity index (χ1n) is 13.7. The molecular formula is C32H37N3O3. The number of piperidine rings is 1. The second kappa shape index (κ2) is 11.8. The fourth-order valence-corrected chi connectivity index (χ4v) is 6.03. The predicted molar refractivity (Wildman–Crippen MR) is 153 cm³/mol. The smallest absolute Gasteiger partial charge is 0.255 e. The van der Waals surface area contributed by atoms with E-state index < -0.39 is 0 Å². The topological polar surface area (TPSA) is 70.7 Å². The molecule has 2 N–H and O–H groups in total. The maximum atomic E-state index is 13.3. The van der Waals surface area contributed by atoms with Crippen molar-refractivity contribution in [3.8, 4) is 16.9 Å². The molecule has 0 radical (unpaired) electrons. The third-order valence-electron chi connectivity index (χ3n) is 7.98. The van der Waals surface area contributed by atoms with Crippen LogP contribution in [-0.4, -0.2) is 43.0 Å². The number of nitrogens with one attached hydrogen (secondary N) is 2. The average Bonchev–Trinajstić information content (AvgIpc) is 3.48. The molecule has 2 fully saturated rings. The Kier molecular flexibility index (Phi) is 8.08. The van der Waals surface area contributed by atoms with Gasteiger partial charge in [-0.05, 0) is 86.1 Å². The fourth-order valence-electron chi connectivity index (χ4n) is 6.03. The molecule has 1 saturated heterocycles. The van der Waals surface area contributed by atoms with Crippen molar-refractivity contribution < 1.29 is 14.3 Å². The van der Waals surface area contributed by atoms with E-state index in [0.29, 0.717) is 17.2 Å². The van der Waals surface area contributed by atoms with E-state index in [9.17, 15) is 9.59 Å². The van der Waals surface area contributed by atoms with Gasteiger partial charge in [-0.2, -0.15) is 0 Å². The van der Waals surface area contributed by atoms with Crippen molar-refractivity contribution in [2.24, 2.45) is 0 Å². The number of carbonyl (C=O) groups excluding carboxylic acids is 2. The van der Waals surface area contributed by atoms with Crippen molar-refractivity contribution in [3.63, 3.8) is 0 Å². The van der Waals surface area contributed by atoms with Crippen LogP contribution in [0.4, 0.5) is 11.4 Å². The monoisotopic (exact) mass is 511 g/mol. The van der Waals surface area contributed by atoms with Gasteiger partial charge < -0.3 is 20.3 Å². The van der Waals surface area contributed by atoms with Gasteiger partial charge in [0, 0.05) is 35.5 Å². The molecule has 0 atom stereocenters. The van der Waals surface area contributed by atoms with Crippen LogP contribution >= 0.6 is 0 Å². The van der Waals surface area contributed by atoms with Crippen LogP contribution in [-0.2, 0) is 4.79 Å². The summed E-state index contributed by atoms with van der Waals surface area (Å²) < 4.78 is 5.71. The SMILES string of the molecule is COc1ccc(NC(=O)c2ccc(-c3ccccc3)c(NC(C)=O)c2)cc1C1CCN(C2CCCC2)CC1. The molecule has 2 aliphatic rings. The van der Waals surface area contributed by atoms with Gasteiger partial charge in [-0.25, -0.2) is 0 Å². The summed E-state index contributed by atoms with van der Waals surface area (Å²) >= 11 is 0. The zero-order valence-corrected chi connectivity index (χ0v) is 22.3. The van der Waals surface area contributed by atoms with Gasteiger partial charge in [0.1, 0.15) is 5.75 Å². The molecule has 0 bridgehead atoms. The van der Waals surface area contributed by atoms with E-state index in [1.807, 2.05) is 48.5 Å².